The molecule has 1 aromatic rings. The van der Waals surface area contributed by atoms with Crippen LogP contribution in [0.2, 0.25) is 10.2 Å². The zero-order chi connectivity index (χ0) is 7.72. The zero-order valence-corrected chi connectivity index (χ0v) is 6.16. The van der Waals surface area contributed by atoms with E-state index in [-0.39, 0.29) is 14.9 Å². The Morgan fingerprint density at radius 3 is 2.60 bits per heavy atom. The summed E-state index contributed by atoms with van der Waals surface area (Å²) < 4.78 is 12.4. The van der Waals surface area contributed by atoms with E-state index in [0.29, 0.717) is 6.20 Å². The van der Waals surface area contributed by atoms with Gasteiger partial charge in [0.05, 0.1) is 0 Å². The number of hydrogen-bond acceptors (Lipinski definition) is 1. The predicted octanol–water partition coefficient (Wildman–Crippen LogP) is 1.77. The lowest BCUT2D eigenvalue weighted by molar-refractivity contribution is -0.604. The van der Waals surface area contributed by atoms with E-state index >= 15 is 0 Å². The van der Waals surface area contributed by atoms with Crippen molar-refractivity contribution in [2.24, 2.45) is 0 Å². The molecular weight excluding hydrogens is 180 g/mol. The van der Waals surface area contributed by atoms with Crippen molar-refractivity contribution in [2.45, 2.75) is 0 Å². The summed E-state index contributed by atoms with van der Waals surface area (Å²) in [6.45, 7) is 0. The number of hydrogen-bond donors (Lipinski definition) is 0. The molecule has 0 bridgehead atoms. The van der Waals surface area contributed by atoms with Crippen LogP contribution in [0.4, 0.5) is 4.39 Å². The van der Waals surface area contributed by atoms with Crippen LogP contribution in [0.15, 0.2) is 12.3 Å². The Balaban J connectivity index is 3.31. The second-order valence-corrected chi connectivity index (χ2v) is 2.39. The molecule has 1 aromatic heterocycles. The zero-order valence-electron chi connectivity index (χ0n) is 4.64. The van der Waals surface area contributed by atoms with Crippen LogP contribution in [0.1, 0.15) is 0 Å². The second-order valence-electron chi connectivity index (χ2n) is 1.62. The van der Waals surface area contributed by atoms with Crippen LogP contribution in [-0.4, -0.2) is 0 Å². The van der Waals surface area contributed by atoms with Gasteiger partial charge >= 0.3 is 5.15 Å². The number of halogens is 3. The molecule has 0 atom stereocenters. The minimum atomic E-state index is -0.704. The molecule has 0 spiro atoms. The fraction of sp³-hybridized carbons (Fsp3) is 0. The van der Waals surface area contributed by atoms with Gasteiger partial charge in [0.25, 0.3) is 0 Å². The van der Waals surface area contributed by atoms with Crippen LogP contribution in [0.3, 0.4) is 0 Å². The molecule has 0 aliphatic carbocycles. The number of rotatable bonds is 0. The maximum Gasteiger partial charge on any atom is 0.305 e. The van der Waals surface area contributed by atoms with Crippen LogP contribution >= 0.6 is 23.2 Å². The van der Waals surface area contributed by atoms with Crippen molar-refractivity contribution >= 4 is 23.2 Å². The van der Waals surface area contributed by atoms with E-state index in [1.54, 1.807) is 0 Å². The van der Waals surface area contributed by atoms with Gasteiger partial charge in [0.1, 0.15) is 5.02 Å². The average Bonchev–Trinajstić information content (AvgIpc) is 1.82. The molecule has 0 aliphatic rings. The summed E-state index contributed by atoms with van der Waals surface area (Å²) in [4.78, 5) is 0. The van der Waals surface area contributed by atoms with Crippen LogP contribution in [0.25, 0.3) is 0 Å². The fourth-order valence-corrected chi connectivity index (χ4v) is 0.783. The molecule has 0 amide bonds. The lowest BCUT2D eigenvalue weighted by Gasteiger charge is -1.98. The third-order valence-corrected chi connectivity index (χ3v) is 1.65. The molecular formula is C5H2Cl2FNO. The maximum atomic E-state index is 12.2. The highest BCUT2D eigenvalue weighted by Crippen LogP contribution is 2.16. The SMILES string of the molecule is [O-][n+]1cc(F)cc(Cl)c1Cl. The number of nitrogens with zero attached hydrogens (tertiary/aromatic N) is 1. The third kappa shape index (κ3) is 1.30. The van der Waals surface area contributed by atoms with Gasteiger partial charge in [-0.1, -0.05) is 11.6 Å². The molecule has 1 heterocycles. The molecule has 5 heteroatoms. The van der Waals surface area contributed by atoms with Gasteiger partial charge in [-0.05, 0) is 11.6 Å². The molecule has 10 heavy (non-hydrogen) atoms. The van der Waals surface area contributed by atoms with Crippen LogP contribution in [0, 0.1) is 11.0 Å². The van der Waals surface area contributed by atoms with E-state index in [0.717, 1.165) is 6.07 Å². The molecule has 0 fully saturated rings. The largest absolute Gasteiger partial charge is 0.618 e. The van der Waals surface area contributed by atoms with Gasteiger partial charge in [0.2, 0.25) is 6.20 Å². The van der Waals surface area contributed by atoms with Gasteiger partial charge in [0.15, 0.2) is 5.82 Å². The minimum absolute atomic E-state index is 0.0864. The first kappa shape index (κ1) is 7.57. The highest BCUT2D eigenvalue weighted by molar-refractivity contribution is 6.40. The van der Waals surface area contributed by atoms with Gasteiger partial charge in [0, 0.05) is 6.07 Å². The van der Waals surface area contributed by atoms with E-state index in [9.17, 15) is 9.60 Å². The molecule has 2 nitrogen and oxygen atoms in total. The number of pyridine rings is 1. The van der Waals surface area contributed by atoms with Gasteiger partial charge in [-0.3, -0.25) is 0 Å². The van der Waals surface area contributed by atoms with Gasteiger partial charge in [-0.25, -0.2) is 4.39 Å². The fourth-order valence-electron chi connectivity index (χ4n) is 0.492. The first-order chi connectivity index (χ1) is 4.61. The molecule has 0 aromatic carbocycles. The molecule has 0 N–H and O–H groups in total. The first-order valence-corrected chi connectivity index (χ1v) is 3.10. The van der Waals surface area contributed by atoms with Gasteiger partial charge in [-0.15, -0.1) is 0 Å². The molecule has 0 saturated carbocycles. The summed E-state index contributed by atoms with van der Waals surface area (Å²) >= 11 is 10.6. The quantitative estimate of drug-likeness (QED) is 0.341. The Kier molecular flexibility index (Phi) is 1.97. The Hall–Kier alpha value is -0.540. The van der Waals surface area contributed by atoms with Crippen molar-refractivity contribution in [2.75, 3.05) is 0 Å². The summed E-state index contributed by atoms with van der Waals surface area (Å²) in [5, 5.41) is 10.2. The summed E-state index contributed by atoms with van der Waals surface area (Å²) in [7, 11) is 0. The van der Waals surface area contributed by atoms with Crippen molar-refractivity contribution in [1.82, 2.24) is 0 Å². The Labute approximate surface area is 66.4 Å². The third-order valence-electron chi connectivity index (χ3n) is 0.896. The standard InChI is InChI=1S/C5H2Cl2FNO/c6-4-1-3(8)2-9(10)5(4)7/h1-2H. The lowest BCUT2D eigenvalue weighted by Crippen LogP contribution is -2.27. The molecule has 1 rings (SSSR count). The predicted molar refractivity (Wildman–Crippen MR) is 35.4 cm³/mol. The summed E-state index contributed by atoms with van der Waals surface area (Å²) in [6.07, 6.45) is 0.703. The molecule has 0 aliphatic heterocycles. The summed E-state index contributed by atoms with van der Waals surface area (Å²) in [6, 6.07) is 0.971. The lowest BCUT2D eigenvalue weighted by atomic mass is 10.5. The molecule has 0 unspecified atom stereocenters. The average molecular weight is 182 g/mol. The van der Waals surface area contributed by atoms with E-state index in [1.807, 2.05) is 0 Å². The molecule has 0 radical (unpaired) electrons. The smallest absolute Gasteiger partial charge is 0.305 e. The Morgan fingerprint density at radius 1 is 1.50 bits per heavy atom. The first-order valence-electron chi connectivity index (χ1n) is 2.35. The van der Waals surface area contributed by atoms with Crippen LogP contribution in [0.5, 0.6) is 0 Å². The van der Waals surface area contributed by atoms with Gasteiger partial charge in [-0.2, -0.15) is 4.73 Å². The Bertz CT molecular complexity index is 243. The van der Waals surface area contributed by atoms with E-state index in [4.69, 9.17) is 23.2 Å². The Morgan fingerprint density at radius 2 is 2.10 bits per heavy atom. The highest BCUT2D eigenvalue weighted by Gasteiger charge is 2.09. The monoisotopic (exact) mass is 181 g/mol. The van der Waals surface area contributed by atoms with E-state index < -0.39 is 5.82 Å². The highest BCUT2D eigenvalue weighted by atomic mass is 35.5. The topological polar surface area (TPSA) is 26.9 Å². The second kappa shape index (κ2) is 2.60. The normalized spacial score (nSPS) is 9.90. The van der Waals surface area contributed by atoms with E-state index in [1.165, 1.54) is 0 Å². The van der Waals surface area contributed by atoms with Crippen molar-refractivity contribution < 1.29 is 9.12 Å². The van der Waals surface area contributed by atoms with E-state index in [2.05, 4.69) is 0 Å². The van der Waals surface area contributed by atoms with Crippen LogP contribution in [-0.2, 0) is 0 Å². The minimum Gasteiger partial charge on any atom is -0.618 e. The number of aromatic nitrogens is 1. The summed E-state index contributed by atoms with van der Waals surface area (Å²) in [5.41, 5.74) is 0. The summed E-state index contributed by atoms with van der Waals surface area (Å²) in [5.74, 6) is -0.704. The van der Waals surface area contributed by atoms with Crippen molar-refractivity contribution in [1.29, 1.82) is 0 Å². The van der Waals surface area contributed by atoms with Crippen molar-refractivity contribution in [3.8, 4) is 0 Å². The molecule has 0 saturated heterocycles. The molecule has 54 valence electrons. The van der Waals surface area contributed by atoms with Crippen LogP contribution < -0.4 is 4.73 Å². The van der Waals surface area contributed by atoms with Crippen molar-refractivity contribution in [3.05, 3.63) is 33.5 Å². The van der Waals surface area contributed by atoms with Crippen molar-refractivity contribution in [3.63, 3.8) is 0 Å². The van der Waals surface area contributed by atoms with Gasteiger partial charge < -0.3 is 5.21 Å². The maximum absolute atomic E-state index is 12.2.